The lowest BCUT2D eigenvalue weighted by Crippen LogP contribution is -1.96. The van der Waals surface area contributed by atoms with Crippen molar-refractivity contribution in [3.05, 3.63) is 47.7 Å². The fourth-order valence-corrected chi connectivity index (χ4v) is 1.67. The highest BCUT2D eigenvalue weighted by Gasteiger charge is 2.09. The average Bonchev–Trinajstić information content (AvgIpc) is 2.48. The van der Waals surface area contributed by atoms with Gasteiger partial charge in [-0.3, -0.25) is 0 Å². The van der Waals surface area contributed by atoms with Gasteiger partial charge in [0.15, 0.2) is 11.5 Å². The second-order valence-corrected chi connectivity index (χ2v) is 4.18. The second kappa shape index (κ2) is 6.04. The minimum absolute atomic E-state index is 0.353. The Labute approximate surface area is 117 Å². The van der Waals surface area contributed by atoms with Gasteiger partial charge in [-0.2, -0.15) is 5.26 Å². The van der Waals surface area contributed by atoms with E-state index in [-0.39, 0.29) is 0 Å². The molecule has 1 aromatic heterocycles. The number of hydrogen-bond acceptors (Lipinski definition) is 5. The van der Waals surface area contributed by atoms with Crippen molar-refractivity contribution in [2.45, 2.75) is 13.0 Å². The molecule has 1 aromatic carbocycles. The van der Waals surface area contributed by atoms with E-state index in [1.54, 1.807) is 43.5 Å². The Kier molecular flexibility index (Phi) is 4.18. The fourth-order valence-electron chi connectivity index (χ4n) is 1.67. The largest absolute Gasteiger partial charge is 0.493 e. The number of methoxy groups -OCH3 is 1. The predicted molar refractivity (Wildman–Crippen MR) is 72.7 cm³/mol. The molecule has 1 atom stereocenters. The van der Waals surface area contributed by atoms with Crippen molar-refractivity contribution < 1.29 is 14.6 Å². The molecular weight excluding hydrogens is 256 g/mol. The first-order valence-electron chi connectivity index (χ1n) is 6.04. The van der Waals surface area contributed by atoms with Gasteiger partial charge in [-0.1, -0.05) is 0 Å². The van der Waals surface area contributed by atoms with E-state index >= 15 is 0 Å². The number of nitrogens with zero attached hydrogens (tertiary/aromatic N) is 2. The summed E-state index contributed by atoms with van der Waals surface area (Å²) in [7, 11) is 1.50. The van der Waals surface area contributed by atoms with Gasteiger partial charge in [0.05, 0.1) is 24.8 Å². The van der Waals surface area contributed by atoms with Gasteiger partial charge in [0.2, 0.25) is 5.88 Å². The van der Waals surface area contributed by atoms with Gasteiger partial charge in [-0.25, -0.2) is 4.98 Å². The Morgan fingerprint density at radius 2 is 2.05 bits per heavy atom. The Bertz CT molecular complexity index is 648. The van der Waals surface area contributed by atoms with Crippen LogP contribution < -0.4 is 9.47 Å². The van der Waals surface area contributed by atoms with Crippen molar-refractivity contribution in [1.29, 1.82) is 5.26 Å². The Morgan fingerprint density at radius 3 is 2.70 bits per heavy atom. The number of rotatable bonds is 4. The fraction of sp³-hybridized carbons (Fsp3) is 0.200. The molecule has 0 aliphatic carbocycles. The zero-order chi connectivity index (χ0) is 14.5. The standard InChI is InChI=1S/C15H14N2O3/c1-10(18)12-5-6-17-15(8-12)20-13-4-3-11(9-16)7-14(13)19-2/h3-8,10,18H,1-2H3/t10-/m1/s1. The lowest BCUT2D eigenvalue weighted by Gasteiger charge is -2.11. The van der Waals surface area contributed by atoms with Crippen LogP contribution in [-0.4, -0.2) is 17.2 Å². The Hall–Kier alpha value is -2.58. The first kappa shape index (κ1) is 13.8. The summed E-state index contributed by atoms with van der Waals surface area (Å²) in [6.45, 7) is 1.67. The quantitative estimate of drug-likeness (QED) is 0.924. The van der Waals surface area contributed by atoms with Crippen LogP contribution in [0.15, 0.2) is 36.5 Å². The van der Waals surface area contributed by atoms with E-state index in [1.165, 1.54) is 7.11 Å². The van der Waals surface area contributed by atoms with E-state index in [2.05, 4.69) is 4.98 Å². The maximum atomic E-state index is 9.54. The van der Waals surface area contributed by atoms with Crippen LogP contribution in [0.3, 0.4) is 0 Å². The number of ether oxygens (including phenoxy) is 2. The lowest BCUT2D eigenvalue weighted by atomic mass is 10.2. The van der Waals surface area contributed by atoms with Crippen LogP contribution in [0.25, 0.3) is 0 Å². The third-order valence-corrected chi connectivity index (χ3v) is 2.75. The zero-order valence-electron chi connectivity index (χ0n) is 11.2. The summed E-state index contributed by atoms with van der Waals surface area (Å²) >= 11 is 0. The van der Waals surface area contributed by atoms with E-state index in [4.69, 9.17) is 14.7 Å². The highest BCUT2D eigenvalue weighted by atomic mass is 16.5. The molecule has 0 amide bonds. The van der Waals surface area contributed by atoms with E-state index in [0.29, 0.717) is 28.5 Å². The van der Waals surface area contributed by atoms with Crippen LogP contribution in [0.2, 0.25) is 0 Å². The van der Waals surface area contributed by atoms with Crippen LogP contribution in [0.1, 0.15) is 24.2 Å². The van der Waals surface area contributed by atoms with Crippen molar-refractivity contribution in [2.24, 2.45) is 0 Å². The molecule has 0 bridgehead atoms. The van der Waals surface area contributed by atoms with Gasteiger partial charge in [-0.15, -0.1) is 0 Å². The number of nitriles is 1. The molecule has 0 aliphatic heterocycles. The van der Waals surface area contributed by atoms with Gasteiger partial charge in [-0.05, 0) is 30.7 Å². The zero-order valence-corrected chi connectivity index (χ0v) is 11.2. The van der Waals surface area contributed by atoms with Crippen molar-refractivity contribution in [2.75, 3.05) is 7.11 Å². The highest BCUT2D eigenvalue weighted by Crippen LogP contribution is 2.32. The van der Waals surface area contributed by atoms with E-state index in [1.807, 2.05) is 6.07 Å². The van der Waals surface area contributed by atoms with Gasteiger partial charge in [0.25, 0.3) is 0 Å². The number of aliphatic hydroxyl groups excluding tert-OH is 1. The molecule has 1 N–H and O–H groups in total. The van der Waals surface area contributed by atoms with Gasteiger partial charge in [0, 0.05) is 18.3 Å². The number of aliphatic hydroxyl groups is 1. The average molecular weight is 270 g/mol. The lowest BCUT2D eigenvalue weighted by molar-refractivity contribution is 0.198. The summed E-state index contributed by atoms with van der Waals surface area (Å²) in [5.74, 6) is 1.27. The van der Waals surface area contributed by atoms with Crippen molar-refractivity contribution >= 4 is 0 Å². The first-order chi connectivity index (χ1) is 9.63. The highest BCUT2D eigenvalue weighted by molar-refractivity contribution is 5.48. The molecule has 1 heterocycles. The van der Waals surface area contributed by atoms with Crippen LogP contribution in [0.5, 0.6) is 17.4 Å². The minimum atomic E-state index is -0.594. The maximum Gasteiger partial charge on any atom is 0.219 e. The number of hydrogen-bond donors (Lipinski definition) is 1. The van der Waals surface area contributed by atoms with E-state index < -0.39 is 6.10 Å². The Balaban J connectivity index is 2.30. The molecule has 2 aromatic rings. The smallest absolute Gasteiger partial charge is 0.219 e. The molecule has 0 unspecified atom stereocenters. The van der Waals surface area contributed by atoms with Crippen LogP contribution in [0, 0.1) is 11.3 Å². The second-order valence-electron chi connectivity index (χ2n) is 4.18. The molecule has 0 fully saturated rings. The van der Waals surface area contributed by atoms with E-state index in [9.17, 15) is 5.11 Å². The van der Waals surface area contributed by atoms with E-state index in [0.717, 1.165) is 0 Å². The SMILES string of the molecule is COc1cc(C#N)ccc1Oc1cc([C@@H](C)O)ccn1. The van der Waals surface area contributed by atoms with Gasteiger partial charge < -0.3 is 14.6 Å². The monoisotopic (exact) mass is 270 g/mol. The number of pyridine rings is 1. The molecule has 2 rings (SSSR count). The summed E-state index contributed by atoms with van der Waals surface area (Å²) in [6, 6.07) is 10.3. The van der Waals surface area contributed by atoms with Crippen molar-refractivity contribution in [3.8, 4) is 23.4 Å². The molecule has 0 saturated heterocycles. The van der Waals surface area contributed by atoms with Gasteiger partial charge >= 0.3 is 0 Å². The minimum Gasteiger partial charge on any atom is -0.493 e. The summed E-state index contributed by atoms with van der Waals surface area (Å²) in [5.41, 5.74) is 1.20. The summed E-state index contributed by atoms with van der Waals surface area (Å²) in [6.07, 6.45) is 0.969. The molecule has 0 radical (unpaired) electrons. The molecule has 20 heavy (non-hydrogen) atoms. The third-order valence-electron chi connectivity index (χ3n) is 2.75. The number of aromatic nitrogens is 1. The number of benzene rings is 1. The maximum absolute atomic E-state index is 9.54. The topological polar surface area (TPSA) is 75.4 Å². The molecular formula is C15H14N2O3. The summed E-state index contributed by atoms with van der Waals surface area (Å²) < 4.78 is 10.8. The molecule has 0 spiro atoms. The first-order valence-corrected chi connectivity index (χ1v) is 6.04. The normalized spacial score (nSPS) is 11.5. The van der Waals surface area contributed by atoms with Crippen molar-refractivity contribution in [1.82, 2.24) is 4.98 Å². The van der Waals surface area contributed by atoms with Crippen LogP contribution in [-0.2, 0) is 0 Å². The van der Waals surface area contributed by atoms with Crippen LogP contribution in [0.4, 0.5) is 0 Å². The molecule has 0 saturated carbocycles. The predicted octanol–water partition coefficient (Wildman–Crippen LogP) is 2.81. The Morgan fingerprint density at radius 1 is 1.25 bits per heavy atom. The molecule has 5 heteroatoms. The summed E-state index contributed by atoms with van der Waals surface area (Å²) in [4.78, 5) is 4.08. The summed E-state index contributed by atoms with van der Waals surface area (Å²) in [5, 5.41) is 18.4. The molecule has 102 valence electrons. The van der Waals surface area contributed by atoms with Gasteiger partial charge in [0.1, 0.15) is 0 Å². The third kappa shape index (κ3) is 3.05. The molecule has 5 nitrogen and oxygen atoms in total. The van der Waals surface area contributed by atoms with Crippen molar-refractivity contribution in [3.63, 3.8) is 0 Å². The molecule has 0 aliphatic rings. The van der Waals surface area contributed by atoms with Crippen LogP contribution >= 0.6 is 0 Å².